The first-order chi connectivity index (χ1) is 14.7. The van der Waals surface area contributed by atoms with Gasteiger partial charge in [-0.2, -0.15) is 0 Å². The number of hydrogen-bond acceptors (Lipinski definition) is 4. The minimum Gasteiger partial charge on any atom is -0.378 e. The lowest BCUT2D eigenvalue weighted by Gasteiger charge is -2.39. The van der Waals surface area contributed by atoms with Gasteiger partial charge in [0.05, 0.1) is 31.3 Å². The van der Waals surface area contributed by atoms with Crippen molar-refractivity contribution in [1.29, 1.82) is 0 Å². The fraction of sp³-hybridized carbons (Fsp3) is 0.545. The maximum absolute atomic E-state index is 14.7. The van der Waals surface area contributed by atoms with Crippen molar-refractivity contribution in [2.75, 3.05) is 51.3 Å². The number of nitrogens with one attached hydrogen (secondary N) is 1. The normalized spacial score (nSPS) is 23.0. The Morgan fingerprint density at radius 2 is 2.13 bits per heavy atom. The number of rotatable bonds is 4. The number of nitrogens with zero attached hydrogens (tertiary/aromatic N) is 5. The summed E-state index contributed by atoms with van der Waals surface area (Å²) >= 11 is 0. The summed E-state index contributed by atoms with van der Waals surface area (Å²) in [4.78, 5) is 13.0. The summed E-state index contributed by atoms with van der Waals surface area (Å²) < 4.78 is 22.2. The Labute approximate surface area is 177 Å². The lowest BCUT2D eigenvalue weighted by atomic mass is 9.93. The van der Waals surface area contributed by atoms with Crippen LogP contribution < -0.4 is 10.2 Å². The van der Waals surface area contributed by atoms with Gasteiger partial charge in [-0.05, 0) is 30.0 Å². The van der Waals surface area contributed by atoms with Gasteiger partial charge in [-0.25, -0.2) is 9.37 Å². The van der Waals surface area contributed by atoms with Gasteiger partial charge >= 0.3 is 0 Å². The molecule has 1 aromatic carbocycles. The second-order valence-electron chi connectivity index (χ2n) is 8.08. The van der Waals surface area contributed by atoms with E-state index in [0.717, 1.165) is 44.1 Å². The van der Waals surface area contributed by atoms with E-state index in [1.54, 1.807) is 13.1 Å². The van der Waals surface area contributed by atoms with E-state index in [0.29, 0.717) is 37.4 Å². The van der Waals surface area contributed by atoms with Crippen LogP contribution >= 0.6 is 0 Å². The first-order valence-electron chi connectivity index (χ1n) is 10.7. The van der Waals surface area contributed by atoms with Crippen LogP contribution in [-0.2, 0) is 11.3 Å². The fourth-order valence-electron chi connectivity index (χ4n) is 4.33. The number of ether oxygens (including phenoxy) is 1. The predicted octanol–water partition coefficient (Wildman–Crippen LogP) is 2.52. The molecule has 0 radical (unpaired) electrons. The summed E-state index contributed by atoms with van der Waals surface area (Å²) in [6, 6.07) is 5.85. The minimum atomic E-state index is -0.182. The van der Waals surface area contributed by atoms with Crippen molar-refractivity contribution in [3.63, 3.8) is 0 Å². The molecule has 0 saturated carbocycles. The monoisotopic (exact) mass is 414 g/mol. The maximum atomic E-state index is 14.7. The lowest BCUT2D eigenvalue weighted by molar-refractivity contribution is 0.122. The molecule has 2 atom stereocenters. The van der Waals surface area contributed by atoms with Gasteiger partial charge in [0.15, 0.2) is 5.96 Å². The number of hydrogen-bond donors (Lipinski definition) is 1. The maximum Gasteiger partial charge on any atom is 0.193 e. The zero-order chi connectivity index (χ0) is 20.9. The number of imidazole rings is 1. The largest absolute Gasteiger partial charge is 0.378 e. The van der Waals surface area contributed by atoms with Crippen LogP contribution in [0.3, 0.4) is 0 Å². The van der Waals surface area contributed by atoms with Gasteiger partial charge in [-0.15, -0.1) is 0 Å². The van der Waals surface area contributed by atoms with Gasteiger partial charge in [0.25, 0.3) is 0 Å². The van der Waals surface area contributed by atoms with Crippen molar-refractivity contribution in [3.05, 3.63) is 48.3 Å². The first-order valence-corrected chi connectivity index (χ1v) is 10.7. The van der Waals surface area contributed by atoms with Crippen LogP contribution in [0.15, 0.2) is 41.9 Å². The number of aromatic nitrogens is 2. The summed E-state index contributed by atoms with van der Waals surface area (Å²) in [7, 11) is 1.80. The number of aliphatic imine (C=N–C) groups is 1. The average Bonchev–Trinajstić information content (AvgIpc) is 3.30. The quantitative estimate of drug-likeness (QED) is 0.616. The number of halogens is 1. The van der Waals surface area contributed by atoms with Gasteiger partial charge in [-0.1, -0.05) is 13.0 Å². The third kappa shape index (κ3) is 4.59. The van der Waals surface area contributed by atoms with Gasteiger partial charge in [-0.3, -0.25) is 4.99 Å². The van der Waals surface area contributed by atoms with Crippen molar-refractivity contribution < 1.29 is 9.13 Å². The molecule has 2 unspecified atom stereocenters. The van der Waals surface area contributed by atoms with Gasteiger partial charge in [0.2, 0.25) is 0 Å². The van der Waals surface area contributed by atoms with E-state index in [4.69, 9.17) is 4.74 Å². The molecule has 1 N–H and O–H groups in total. The molecule has 0 aliphatic carbocycles. The van der Waals surface area contributed by atoms with Gasteiger partial charge in [0.1, 0.15) is 5.82 Å². The molecule has 162 valence electrons. The van der Waals surface area contributed by atoms with E-state index < -0.39 is 0 Å². The van der Waals surface area contributed by atoms with E-state index in [-0.39, 0.29) is 5.82 Å². The van der Waals surface area contributed by atoms with Crippen LogP contribution in [0.4, 0.5) is 10.1 Å². The van der Waals surface area contributed by atoms with Crippen LogP contribution in [-0.4, -0.2) is 66.9 Å². The van der Waals surface area contributed by atoms with Gasteiger partial charge in [0, 0.05) is 52.2 Å². The van der Waals surface area contributed by atoms with Crippen molar-refractivity contribution in [3.8, 4) is 0 Å². The molecule has 2 fully saturated rings. The molecule has 0 spiro atoms. The Balaban J connectivity index is 1.38. The van der Waals surface area contributed by atoms with Crippen LogP contribution in [0, 0.1) is 11.7 Å². The molecule has 2 aliphatic rings. The Morgan fingerprint density at radius 3 is 2.83 bits per heavy atom. The highest BCUT2D eigenvalue weighted by Gasteiger charge is 2.28. The van der Waals surface area contributed by atoms with E-state index in [1.807, 2.05) is 35.8 Å². The second-order valence-corrected chi connectivity index (χ2v) is 8.08. The zero-order valence-corrected chi connectivity index (χ0v) is 17.8. The number of benzene rings is 1. The molecular weight excluding hydrogens is 383 g/mol. The molecule has 4 rings (SSSR count). The lowest BCUT2D eigenvalue weighted by Crippen LogP contribution is -2.48. The topological polar surface area (TPSA) is 57.9 Å². The summed E-state index contributed by atoms with van der Waals surface area (Å²) in [5.41, 5.74) is 1.56. The Morgan fingerprint density at radius 1 is 1.30 bits per heavy atom. The molecule has 7 nitrogen and oxygen atoms in total. The highest BCUT2D eigenvalue weighted by Crippen LogP contribution is 2.27. The average molecular weight is 415 g/mol. The van der Waals surface area contributed by atoms with E-state index in [2.05, 4.69) is 31.7 Å². The van der Waals surface area contributed by atoms with Crippen molar-refractivity contribution in [1.82, 2.24) is 19.8 Å². The smallest absolute Gasteiger partial charge is 0.193 e. The minimum absolute atomic E-state index is 0.182. The molecule has 30 heavy (non-hydrogen) atoms. The molecule has 8 heteroatoms. The zero-order valence-electron chi connectivity index (χ0n) is 17.8. The second kappa shape index (κ2) is 9.47. The summed E-state index contributed by atoms with van der Waals surface area (Å²) in [6.07, 6.45) is 6.83. The van der Waals surface area contributed by atoms with Crippen LogP contribution in [0.2, 0.25) is 0 Å². The number of likely N-dealkylation sites (tertiary alicyclic amines) is 1. The summed E-state index contributed by atoms with van der Waals surface area (Å²) in [5, 5.41) is 3.41. The van der Waals surface area contributed by atoms with E-state index in [1.165, 1.54) is 0 Å². The number of guanidine groups is 1. The van der Waals surface area contributed by atoms with Crippen LogP contribution in [0.1, 0.15) is 24.9 Å². The van der Waals surface area contributed by atoms with Crippen molar-refractivity contribution in [2.24, 2.45) is 10.9 Å². The molecule has 2 aliphatic heterocycles. The molecule has 2 saturated heterocycles. The first kappa shape index (κ1) is 20.7. The Bertz CT molecular complexity index is 849. The highest BCUT2D eigenvalue weighted by molar-refractivity contribution is 5.80. The molecule has 3 heterocycles. The third-order valence-corrected chi connectivity index (χ3v) is 6.15. The number of piperidine rings is 1. The molecular formula is C22H31FN6O. The molecule has 0 amide bonds. The van der Waals surface area contributed by atoms with E-state index in [9.17, 15) is 4.39 Å². The molecule has 2 aromatic rings. The Kier molecular flexibility index (Phi) is 6.52. The van der Waals surface area contributed by atoms with Crippen molar-refractivity contribution >= 4 is 11.6 Å². The summed E-state index contributed by atoms with van der Waals surface area (Å²) in [5.74, 6) is 1.25. The predicted molar refractivity (Wildman–Crippen MR) is 116 cm³/mol. The SMILES string of the molecule is CN=C(NCc1ccc(N2CCOCC2)c(F)c1)N1CCC(C)C(n2ccnc2)C1. The summed E-state index contributed by atoms with van der Waals surface area (Å²) in [6.45, 7) is 7.41. The van der Waals surface area contributed by atoms with Crippen LogP contribution in [0.5, 0.6) is 0 Å². The van der Waals surface area contributed by atoms with Gasteiger partial charge < -0.3 is 24.4 Å². The number of anilines is 1. The van der Waals surface area contributed by atoms with E-state index >= 15 is 0 Å². The molecule has 1 aromatic heterocycles. The molecule has 0 bridgehead atoms. The Hall–Kier alpha value is -2.61. The highest BCUT2D eigenvalue weighted by atomic mass is 19.1. The fourth-order valence-corrected chi connectivity index (χ4v) is 4.33. The standard InChI is InChI=1S/C22H31FN6O/c1-17-5-7-28(15-21(17)29-8-6-25-16-29)22(24-2)26-14-18-3-4-20(19(23)13-18)27-9-11-30-12-10-27/h3-4,6,8,13,16-17,21H,5,7,9-12,14-15H2,1-2H3,(H,24,26). The number of morpholine rings is 1. The van der Waals surface area contributed by atoms with Crippen LogP contribution in [0.25, 0.3) is 0 Å². The third-order valence-electron chi connectivity index (χ3n) is 6.15. The van der Waals surface area contributed by atoms with Crippen molar-refractivity contribution in [2.45, 2.75) is 25.9 Å².